The summed E-state index contributed by atoms with van der Waals surface area (Å²) in [6.07, 6.45) is -0.822. The Balaban J connectivity index is 4.00. The largest absolute Gasteiger partial charge is 0.464 e. The van der Waals surface area contributed by atoms with Crippen LogP contribution in [0.1, 0.15) is 0 Å². The number of hydrogen-bond donors (Lipinski definition) is 1. The number of rotatable bonds is 2. The molecule has 0 fully saturated rings. The summed E-state index contributed by atoms with van der Waals surface area (Å²) in [4.78, 5) is 25.0. The number of methoxy groups -OCH3 is 1. The molecule has 0 aliphatic rings. The number of ether oxygens (including phenoxy) is 1. The lowest BCUT2D eigenvalue weighted by Crippen LogP contribution is -2.18. The first kappa shape index (κ1) is 10.7. The molecule has 0 aromatic carbocycles. The zero-order valence-electron chi connectivity index (χ0n) is 6.46. The summed E-state index contributed by atoms with van der Waals surface area (Å²) in [7, 11) is 2.46. The van der Waals surface area contributed by atoms with Crippen molar-refractivity contribution >= 4 is 28.8 Å². The molecule has 1 amide bonds. The second-order valence-electron chi connectivity index (χ2n) is 1.50. The highest BCUT2D eigenvalue weighted by atomic mass is 35.5. The number of carbonyl (C=O) groups excluding carboxylic acids is 2. The molecule has 0 saturated heterocycles. The first-order valence-electron chi connectivity index (χ1n) is 2.82. The molecule has 6 nitrogen and oxygen atoms in total. The molecule has 0 heterocycles. The van der Waals surface area contributed by atoms with Crippen molar-refractivity contribution in [2.24, 2.45) is 5.16 Å². The molecular weight excluding hydrogens is 188 g/mol. The Morgan fingerprint density at radius 3 is 2.50 bits per heavy atom. The smallest absolute Gasteiger partial charge is 0.433 e. The number of halogens is 1. The van der Waals surface area contributed by atoms with Crippen molar-refractivity contribution < 1.29 is 19.2 Å². The molecule has 0 saturated carbocycles. The molecule has 68 valence electrons. The van der Waals surface area contributed by atoms with Crippen LogP contribution in [0.3, 0.4) is 0 Å². The van der Waals surface area contributed by atoms with E-state index in [1.807, 2.05) is 0 Å². The van der Waals surface area contributed by atoms with Crippen LogP contribution in [0, 0.1) is 0 Å². The molecule has 0 aliphatic carbocycles. The number of carbonyl (C=O) groups is 2. The van der Waals surface area contributed by atoms with E-state index in [1.54, 1.807) is 0 Å². The average Bonchev–Trinajstić information content (AvgIpc) is 2.11. The Kier molecular flexibility index (Phi) is 4.78. The maximum Gasteiger partial charge on any atom is 0.433 e. The molecule has 0 rings (SSSR count). The topological polar surface area (TPSA) is 77.0 Å². The van der Waals surface area contributed by atoms with Gasteiger partial charge in [-0.1, -0.05) is 16.8 Å². The van der Waals surface area contributed by atoms with E-state index in [9.17, 15) is 9.59 Å². The Morgan fingerprint density at radius 1 is 1.50 bits per heavy atom. The second kappa shape index (κ2) is 5.36. The lowest BCUT2D eigenvalue weighted by Gasteiger charge is -1.95. The first-order chi connectivity index (χ1) is 5.61. The van der Waals surface area contributed by atoms with E-state index < -0.39 is 17.2 Å². The molecule has 7 heteroatoms. The minimum Gasteiger partial charge on any atom is -0.464 e. The number of oxime groups is 1. The van der Waals surface area contributed by atoms with E-state index >= 15 is 0 Å². The van der Waals surface area contributed by atoms with Crippen LogP contribution < -0.4 is 5.32 Å². The van der Waals surface area contributed by atoms with E-state index in [-0.39, 0.29) is 0 Å². The van der Waals surface area contributed by atoms with Gasteiger partial charge in [0.25, 0.3) is 5.17 Å². The molecule has 12 heavy (non-hydrogen) atoms. The lowest BCUT2D eigenvalue weighted by atomic mass is 10.7. The van der Waals surface area contributed by atoms with Crippen LogP contribution in [0.5, 0.6) is 0 Å². The van der Waals surface area contributed by atoms with Crippen LogP contribution >= 0.6 is 11.6 Å². The highest BCUT2D eigenvalue weighted by Crippen LogP contribution is 1.90. The summed E-state index contributed by atoms with van der Waals surface area (Å²) < 4.78 is 4.16. The molecule has 0 bridgehead atoms. The fourth-order valence-corrected chi connectivity index (χ4v) is 0.360. The maximum absolute atomic E-state index is 10.5. The minimum absolute atomic E-state index is 0.555. The zero-order valence-corrected chi connectivity index (χ0v) is 7.21. The van der Waals surface area contributed by atoms with Gasteiger partial charge in [0.15, 0.2) is 0 Å². The summed E-state index contributed by atoms with van der Waals surface area (Å²) in [6, 6.07) is 0. The predicted octanol–water partition coefficient (Wildman–Crippen LogP) is 0.0677. The summed E-state index contributed by atoms with van der Waals surface area (Å²) in [5, 5.41) is 4.50. The van der Waals surface area contributed by atoms with Crippen molar-refractivity contribution in [2.45, 2.75) is 0 Å². The van der Waals surface area contributed by atoms with Crippen LogP contribution in [-0.4, -0.2) is 31.4 Å². The third kappa shape index (κ3) is 3.77. The van der Waals surface area contributed by atoms with Crippen molar-refractivity contribution in [3.05, 3.63) is 0 Å². The number of amides is 1. The summed E-state index contributed by atoms with van der Waals surface area (Å²) in [5.41, 5.74) is 0. The highest BCUT2D eigenvalue weighted by molar-refractivity contribution is 6.81. The van der Waals surface area contributed by atoms with Gasteiger partial charge in [-0.3, -0.25) is 4.84 Å². The van der Waals surface area contributed by atoms with Gasteiger partial charge in [0.05, 0.1) is 7.11 Å². The SMILES string of the molecule is CNC(=O)ON=C(Cl)C(=O)OC. The van der Waals surface area contributed by atoms with Gasteiger partial charge in [0.1, 0.15) is 0 Å². The van der Waals surface area contributed by atoms with Crippen LogP contribution in [0.25, 0.3) is 0 Å². The average molecular weight is 195 g/mol. The molecule has 0 atom stereocenters. The van der Waals surface area contributed by atoms with E-state index in [4.69, 9.17) is 11.6 Å². The fraction of sp³-hybridized carbons (Fsp3) is 0.400. The Labute approximate surface area is 73.5 Å². The molecule has 0 radical (unpaired) electrons. The summed E-state index contributed by atoms with van der Waals surface area (Å²) >= 11 is 5.20. The van der Waals surface area contributed by atoms with Gasteiger partial charge in [0.2, 0.25) is 0 Å². The van der Waals surface area contributed by atoms with Crippen LogP contribution in [-0.2, 0) is 14.4 Å². The lowest BCUT2D eigenvalue weighted by molar-refractivity contribution is -0.132. The van der Waals surface area contributed by atoms with Crippen molar-refractivity contribution in [3.63, 3.8) is 0 Å². The van der Waals surface area contributed by atoms with Crippen molar-refractivity contribution in [3.8, 4) is 0 Å². The Hall–Kier alpha value is -1.30. The number of nitrogens with one attached hydrogen (secondary N) is 1. The Morgan fingerprint density at radius 2 is 2.08 bits per heavy atom. The summed E-state index contributed by atoms with van der Waals surface area (Å²) in [5.74, 6) is -0.874. The van der Waals surface area contributed by atoms with E-state index in [0.717, 1.165) is 7.11 Å². The van der Waals surface area contributed by atoms with Gasteiger partial charge in [-0.05, 0) is 0 Å². The molecule has 0 unspecified atom stereocenters. The molecule has 0 aliphatic heterocycles. The van der Waals surface area contributed by atoms with E-state index in [0.29, 0.717) is 0 Å². The summed E-state index contributed by atoms with van der Waals surface area (Å²) in [6.45, 7) is 0. The van der Waals surface area contributed by atoms with Gasteiger partial charge < -0.3 is 10.1 Å². The van der Waals surface area contributed by atoms with Crippen molar-refractivity contribution in [1.29, 1.82) is 0 Å². The zero-order chi connectivity index (χ0) is 9.56. The Bertz CT molecular complexity index is 215. The molecule has 0 aromatic rings. The molecule has 0 spiro atoms. The molecule has 0 aromatic heterocycles. The van der Waals surface area contributed by atoms with Crippen LogP contribution in [0.15, 0.2) is 5.16 Å². The van der Waals surface area contributed by atoms with Gasteiger partial charge in [-0.25, -0.2) is 9.59 Å². The van der Waals surface area contributed by atoms with Gasteiger partial charge in [-0.2, -0.15) is 0 Å². The maximum atomic E-state index is 10.5. The first-order valence-corrected chi connectivity index (χ1v) is 3.20. The highest BCUT2D eigenvalue weighted by Gasteiger charge is 2.09. The van der Waals surface area contributed by atoms with Gasteiger partial charge in [-0.15, -0.1) is 0 Å². The monoisotopic (exact) mass is 194 g/mol. The van der Waals surface area contributed by atoms with Crippen LogP contribution in [0.4, 0.5) is 4.79 Å². The van der Waals surface area contributed by atoms with Gasteiger partial charge in [0, 0.05) is 7.05 Å². The third-order valence-corrected chi connectivity index (χ3v) is 0.990. The standard InChI is InChI=1S/C5H7ClN2O4/c1-7-5(10)12-8-3(6)4(9)11-2/h1-2H3,(H,7,10). The van der Waals surface area contributed by atoms with Gasteiger partial charge >= 0.3 is 12.1 Å². The number of hydrogen-bond acceptors (Lipinski definition) is 5. The molecule has 1 N–H and O–H groups in total. The quantitative estimate of drug-likeness (QED) is 0.292. The van der Waals surface area contributed by atoms with Crippen molar-refractivity contribution in [2.75, 3.05) is 14.2 Å². The number of esters is 1. The van der Waals surface area contributed by atoms with E-state index in [2.05, 4.69) is 20.0 Å². The normalized spacial score (nSPS) is 10.4. The number of nitrogens with zero attached hydrogens (tertiary/aromatic N) is 1. The van der Waals surface area contributed by atoms with E-state index in [1.165, 1.54) is 7.05 Å². The minimum atomic E-state index is -0.874. The predicted molar refractivity (Wildman–Crippen MR) is 40.8 cm³/mol. The van der Waals surface area contributed by atoms with Crippen LogP contribution in [0.2, 0.25) is 0 Å². The fourth-order valence-electron chi connectivity index (χ4n) is 0.249. The van der Waals surface area contributed by atoms with Crippen molar-refractivity contribution in [1.82, 2.24) is 5.32 Å². The third-order valence-electron chi connectivity index (χ3n) is 0.767. The molecular formula is C5H7ClN2O4. The second-order valence-corrected chi connectivity index (χ2v) is 1.86.